The van der Waals surface area contributed by atoms with Gasteiger partial charge in [0.2, 0.25) is 0 Å². The number of hydrogen-bond acceptors (Lipinski definition) is 4. The van der Waals surface area contributed by atoms with E-state index < -0.39 is 5.82 Å². The number of rotatable bonds is 3. The number of urea groups is 1. The van der Waals surface area contributed by atoms with Gasteiger partial charge in [-0.15, -0.1) is 0 Å². The quantitative estimate of drug-likeness (QED) is 0.740. The highest BCUT2D eigenvalue weighted by atomic mass is 19.1. The third-order valence-electron chi connectivity index (χ3n) is 5.12. The molecule has 0 unspecified atom stereocenters. The third-order valence-corrected chi connectivity index (χ3v) is 5.12. The van der Waals surface area contributed by atoms with Gasteiger partial charge in [-0.05, 0) is 38.1 Å². The zero-order valence-electron chi connectivity index (χ0n) is 16.5. The maximum absolute atomic E-state index is 13.8. The van der Waals surface area contributed by atoms with Crippen molar-refractivity contribution in [3.05, 3.63) is 65.9 Å². The normalized spacial score (nSPS) is 14.2. The molecule has 8 heteroatoms. The number of halogens is 1. The van der Waals surface area contributed by atoms with Crippen molar-refractivity contribution in [1.82, 2.24) is 19.7 Å². The number of nitrogens with zero attached hydrogens (tertiary/aromatic N) is 5. The molecule has 150 valence electrons. The van der Waals surface area contributed by atoms with E-state index in [1.165, 1.54) is 6.07 Å². The molecular weight excluding hydrogens is 371 g/mol. The molecule has 0 radical (unpaired) electrons. The van der Waals surface area contributed by atoms with Gasteiger partial charge in [0.15, 0.2) is 5.82 Å². The molecule has 2 aromatic heterocycles. The second-order valence-electron chi connectivity index (χ2n) is 7.00. The Morgan fingerprint density at radius 2 is 1.76 bits per heavy atom. The Labute approximate surface area is 168 Å². The van der Waals surface area contributed by atoms with Gasteiger partial charge in [-0.25, -0.2) is 18.9 Å². The minimum Gasteiger partial charge on any atom is -0.365 e. The van der Waals surface area contributed by atoms with Gasteiger partial charge in [0.25, 0.3) is 0 Å². The smallest absolute Gasteiger partial charge is 0.322 e. The molecule has 1 aliphatic rings. The first kappa shape index (κ1) is 18.9. The van der Waals surface area contributed by atoms with Crippen LogP contribution in [0.1, 0.15) is 11.4 Å². The minimum atomic E-state index is -0.437. The molecule has 0 atom stereocenters. The molecule has 0 saturated carbocycles. The van der Waals surface area contributed by atoms with Crippen LogP contribution in [-0.4, -0.2) is 51.9 Å². The van der Waals surface area contributed by atoms with Crippen molar-refractivity contribution in [1.29, 1.82) is 0 Å². The van der Waals surface area contributed by atoms with Crippen LogP contribution in [0.25, 0.3) is 5.82 Å². The lowest BCUT2D eigenvalue weighted by molar-refractivity contribution is 0.208. The Morgan fingerprint density at radius 1 is 1.03 bits per heavy atom. The summed E-state index contributed by atoms with van der Waals surface area (Å²) < 4.78 is 15.6. The van der Waals surface area contributed by atoms with Crippen LogP contribution in [0.4, 0.5) is 20.6 Å². The maximum atomic E-state index is 13.8. The largest absolute Gasteiger partial charge is 0.365 e. The van der Waals surface area contributed by atoms with Gasteiger partial charge in [-0.3, -0.25) is 0 Å². The van der Waals surface area contributed by atoms with E-state index in [0.29, 0.717) is 26.2 Å². The Bertz CT molecular complexity index is 1010. The number of nitrogens with one attached hydrogen (secondary N) is 1. The molecule has 3 aromatic rings. The minimum absolute atomic E-state index is 0.197. The van der Waals surface area contributed by atoms with Crippen LogP contribution in [0.15, 0.2) is 48.7 Å². The van der Waals surface area contributed by atoms with E-state index in [9.17, 15) is 9.18 Å². The van der Waals surface area contributed by atoms with Crippen LogP contribution in [0.3, 0.4) is 0 Å². The summed E-state index contributed by atoms with van der Waals surface area (Å²) in [5.41, 5.74) is 3.22. The fourth-order valence-electron chi connectivity index (χ4n) is 3.68. The van der Waals surface area contributed by atoms with Crippen LogP contribution < -0.4 is 10.2 Å². The van der Waals surface area contributed by atoms with Crippen LogP contribution >= 0.6 is 0 Å². The molecule has 0 aliphatic carbocycles. The van der Waals surface area contributed by atoms with Crippen molar-refractivity contribution < 1.29 is 9.18 Å². The van der Waals surface area contributed by atoms with Crippen molar-refractivity contribution in [2.45, 2.75) is 13.8 Å². The second kappa shape index (κ2) is 7.90. The van der Waals surface area contributed by atoms with Crippen LogP contribution in [0, 0.1) is 19.7 Å². The number of hydrogen-bond donors (Lipinski definition) is 1. The van der Waals surface area contributed by atoms with E-state index in [0.717, 1.165) is 22.9 Å². The number of amides is 2. The van der Waals surface area contributed by atoms with Crippen LogP contribution in [0.2, 0.25) is 0 Å². The van der Waals surface area contributed by atoms with E-state index >= 15 is 0 Å². The van der Waals surface area contributed by atoms with Crippen LogP contribution in [-0.2, 0) is 0 Å². The number of carbonyl (C=O) groups is 1. The molecule has 1 aliphatic heterocycles. The molecule has 7 nitrogen and oxygen atoms in total. The zero-order chi connectivity index (χ0) is 20.4. The lowest BCUT2D eigenvalue weighted by Gasteiger charge is -2.36. The van der Waals surface area contributed by atoms with Gasteiger partial charge >= 0.3 is 6.03 Å². The monoisotopic (exact) mass is 394 g/mol. The molecule has 1 fully saturated rings. The average molecular weight is 394 g/mol. The van der Waals surface area contributed by atoms with Crippen molar-refractivity contribution in [2.24, 2.45) is 0 Å². The fraction of sp³-hybridized carbons (Fsp3) is 0.286. The van der Waals surface area contributed by atoms with Crippen molar-refractivity contribution in [3.8, 4) is 5.82 Å². The zero-order valence-corrected chi connectivity index (χ0v) is 16.5. The number of para-hydroxylation sites is 1. The van der Waals surface area contributed by atoms with Crippen molar-refractivity contribution in [3.63, 3.8) is 0 Å². The molecule has 1 saturated heterocycles. The number of aromatic nitrogens is 3. The van der Waals surface area contributed by atoms with E-state index in [-0.39, 0.29) is 11.7 Å². The highest BCUT2D eigenvalue weighted by molar-refractivity contribution is 5.89. The van der Waals surface area contributed by atoms with E-state index in [2.05, 4.69) is 20.3 Å². The van der Waals surface area contributed by atoms with E-state index in [1.807, 2.05) is 36.7 Å². The average Bonchev–Trinajstić information content (AvgIpc) is 3.04. The van der Waals surface area contributed by atoms with Gasteiger partial charge in [-0.2, -0.15) is 5.10 Å². The number of piperazine rings is 1. The molecule has 2 amide bonds. The Balaban J connectivity index is 1.44. The predicted octanol–water partition coefficient (Wildman–Crippen LogP) is 3.38. The Kier molecular flexibility index (Phi) is 5.16. The number of anilines is 2. The lowest BCUT2D eigenvalue weighted by atomic mass is 10.2. The third kappa shape index (κ3) is 3.78. The van der Waals surface area contributed by atoms with Gasteiger partial charge in [-0.1, -0.05) is 18.2 Å². The topological polar surface area (TPSA) is 66.3 Å². The first-order valence-corrected chi connectivity index (χ1v) is 9.57. The van der Waals surface area contributed by atoms with E-state index in [4.69, 9.17) is 0 Å². The molecule has 1 N–H and O–H groups in total. The number of pyridine rings is 1. The summed E-state index contributed by atoms with van der Waals surface area (Å²) in [4.78, 5) is 20.8. The number of carbonyl (C=O) groups excluding carboxylic acids is 1. The lowest BCUT2D eigenvalue weighted by Crippen LogP contribution is -2.50. The summed E-state index contributed by atoms with van der Waals surface area (Å²) in [6, 6.07) is 11.6. The second-order valence-corrected chi connectivity index (χ2v) is 7.00. The summed E-state index contributed by atoms with van der Waals surface area (Å²) in [5, 5.41) is 7.30. The molecule has 1 aromatic carbocycles. The molecule has 3 heterocycles. The molecule has 29 heavy (non-hydrogen) atoms. The standard InChI is InChI=1S/C21H23FN6O/c1-15-20(16(2)28(25-15)19-9-5-6-10-23-19)26-11-13-27(14-12-26)21(29)24-18-8-4-3-7-17(18)22/h3-10H,11-14H2,1-2H3,(H,24,29). The molecular formula is C21H23FN6O. The number of aryl methyl sites for hydroxylation is 1. The fourth-order valence-corrected chi connectivity index (χ4v) is 3.68. The van der Waals surface area contributed by atoms with Crippen molar-refractivity contribution in [2.75, 3.05) is 36.4 Å². The van der Waals surface area contributed by atoms with Crippen LogP contribution in [0.5, 0.6) is 0 Å². The van der Waals surface area contributed by atoms with Gasteiger partial charge in [0.05, 0.1) is 22.8 Å². The summed E-state index contributed by atoms with van der Waals surface area (Å²) in [7, 11) is 0. The van der Waals surface area contributed by atoms with Gasteiger partial charge < -0.3 is 15.1 Å². The van der Waals surface area contributed by atoms with E-state index in [1.54, 1.807) is 29.3 Å². The number of benzene rings is 1. The van der Waals surface area contributed by atoms with Crippen molar-refractivity contribution >= 4 is 17.4 Å². The van der Waals surface area contributed by atoms with Gasteiger partial charge in [0.1, 0.15) is 5.82 Å². The Morgan fingerprint density at radius 3 is 2.45 bits per heavy atom. The SMILES string of the molecule is Cc1nn(-c2ccccn2)c(C)c1N1CCN(C(=O)Nc2ccccc2F)CC1. The summed E-state index contributed by atoms with van der Waals surface area (Å²) in [6.07, 6.45) is 1.75. The summed E-state index contributed by atoms with van der Waals surface area (Å²) in [6.45, 7) is 6.47. The highest BCUT2D eigenvalue weighted by Crippen LogP contribution is 2.27. The molecule has 4 rings (SSSR count). The predicted molar refractivity (Wildman–Crippen MR) is 110 cm³/mol. The first-order chi connectivity index (χ1) is 14.0. The highest BCUT2D eigenvalue weighted by Gasteiger charge is 2.26. The van der Waals surface area contributed by atoms with Gasteiger partial charge in [0, 0.05) is 32.4 Å². The Hall–Kier alpha value is -3.42. The first-order valence-electron chi connectivity index (χ1n) is 9.57. The summed E-state index contributed by atoms with van der Waals surface area (Å²) >= 11 is 0. The molecule has 0 spiro atoms. The maximum Gasteiger partial charge on any atom is 0.322 e. The summed E-state index contributed by atoms with van der Waals surface area (Å²) in [5.74, 6) is 0.343. The molecule has 0 bridgehead atoms.